The summed E-state index contributed by atoms with van der Waals surface area (Å²) in [5, 5.41) is 12.9. The van der Waals surface area contributed by atoms with Crippen LogP contribution in [0.3, 0.4) is 0 Å². The van der Waals surface area contributed by atoms with Gasteiger partial charge in [-0.05, 0) is 28.8 Å². The molecule has 0 unspecified atom stereocenters. The number of aliphatic hydroxyl groups is 1. The molecule has 0 saturated heterocycles. The molecule has 102 valence electrons. The molecule has 4 nitrogen and oxygen atoms in total. The van der Waals surface area contributed by atoms with Gasteiger partial charge in [-0.3, -0.25) is 0 Å². The zero-order valence-corrected chi connectivity index (χ0v) is 13.1. The van der Waals surface area contributed by atoms with Crippen molar-refractivity contribution in [3.8, 4) is 0 Å². The second-order valence-corrected chi connectivity index (χ2v) is 5.67. The Bertz CT molecular complexity index is 384. The molecule has 1 aromatic heterocycles. The van der Waals surface area contributed by atoms with Crippen molar-refractivity contribution in [2.45, 2.75) is 52.0 Å². The highest BCUT2D eigenvalue weighted by atomic mass is 79.9. The topological polar surface area (TPSA) is 58.0 Å². The number of hydrogen-bond donors (Lipinski definition) is 2. The van der Waals surface area contributed by atoms with Crippen LogP contribution >= 0.6 is 15.9 Å². The van der Waals surface area contributed by atoms with E-state index in [2.05, 4.69) is 58.9 Å². The number of aliphatic hydroxyl groups excluding tert-OH is 1. The maximum absolute atomic E-state index is 9.57. The molecule has 2 N–H and O–H groups in total. The predicted octanol–water partition coefficient (Wildman–Crippen LogP) is 3.33. The molecule has 0 aliphatic rings. The van der Waals surface area contributed by atoms with E-state index in [4.69, 9.17) is 0 Å². The minimum atomic E-state index is -0.304. The summed E-state index contributed by atoms with van der Waals surface area (Å²) in [4.78, 5) is 8.84. The van der Waals surface area contributed by atoms with Gasteiger partial charge in [-0.15, -0.1) is 0 Å². The molecule has 0 aliphatic heterocycles. The Balaban J connectivity index is 3.03. The number of aromatic nitrogens is 2. The van der Waals surface area contributed by atoms with Crippen molar-refractivity contribution in [1.29, 1.82) is 0 Å². The molecular weight excluding hydrogens is 294 g/mol. The van der Waals surface area contributed by atoms with Crippen molar-refractivity contribution >= 4 is 21.7 Å². The molecule has 0 saturated carbocycles. The summed E-state index contributed by atoms with van der Waals surface area (Å²) >= 11 is 3.40. The van der Waals surface area contributed by atoms with Crippen molar-refractivity contribution in [1.82, 2.24) is 9.97 Å². The molecule has 0 spiro atoms. The first-order valence-electron chi connectivity index (χ1n) is 6.40. The van der Waals surface area contributed by atoms with Crippen LogP contribution in [0.5, 0.6) is 0 Å². The Labute approximate surface area is 117 Å². The average molecular weight is 316 g/mol. The third kappa shape index (κ3) is 3.65. The number of anilines is 1. The van der Waals surface area contributed by atoms with Crippen LogP contribution in [-0.2, 0) is 0 Å². The van der Waals surface area contributed by atoms with Crippen LogP contribution in [0.2, 0.25) is 0 Å². The third-order valence-electron chi connectivity index (χ3n) is 3.28. The molecule has 0 aliphatic carbocycles. The SMILES string of the molecule is CCC(CC)(CO)Nc1cc(Br)nc(C(C)C)n1. The molecule has 0 fully saturated rings. The highest BCUT2D eigenvalue weighted by Crippen LogP contribution is 2.23. The van der Waals surface area contributed by atoms with E-state index in [9.17, 15) is 5.11 Å². The highest BCUT2D eigenvalue weighted by Gasteiger charge is 2.25. The van der Waals surface area contributed by atoms with Crippen molar-refractivity contribution < 1.29 is 5.11 Å². The summed E-state index contributed by atoms with van der Waals surface area (Å²) in [7, 11) is 0. The molecule has 1 aromatic rings. The van der Waals surface area contributed by atoms with E-state index >= 15 is 0 Å². The van der Waals surface area contributed by atoms with E-state index < -0.39 is 0 Å². The van der Waals surface area contributed by atoms with Gasteiger partial charge in [-0.2, -0.15) is 0 Å². The zero-order valence-electron chi connectivity index (χ0n) is 11.5. The Morgan fingerprint density at radius 3 is 2.39 bits per heavy atom. The summed E-state index contributed by atoms with van der Waals surface area (Å²) < 4.78 is 0.766. The molecule has 1 rings (SSSR count). The standard InChI is InChI=1S/C13H22BrN3O/c1-5-13(6-2,8-18)17-11-7-10(14)15-12(16-11)9(3)4/h7,9,18H,5-6,8H2,1-4H3,(H,15,16,17). The van der Waals surface area contributed by atoms with Gasteiger partial charge in [0.05, 0.1) is 12.1 Å². The number of nitrogens with one attached hydrogen (secondary N) is 1. The van der Waals surface area contributed by atoms with Gasteiger partial charge >= 0.3 is 0 Å². The van der Waals surface area contributed by atoms with Crippen LogP contribution in [0, 0.1) is 0 Å². The first-order chi connectivity index (χ1) is 8.46. The number of nitrogens with zero attached hydrogens (tertiary/aromatic N) is 2. The summed E-state index contributed by atoms with van der Waals surface area (Å²) in [6.07, 6.45) is 1.69. The van der Waals surface area contributed by atoms with Crippen molar-refractivity contribution in [2.75, 3.05) is 11.9 Å². The number of rotatable bonds is 6. The Morgan fingerprint density at radius 2 is 1.94 bits per heavy atom. The monoisotopic (exact) mass is 315 g/mol. The maximum atomic E-state index is 9.57. The highest BCUT2D eigenvalue weighted by molar-refractivity contribution is 9.10. The maximum Gasteiger partial charge on any atom is 0.134 e. The van der Waals surface area contributed by atoms with E-state index in [0.717, 1.165) is 29.1 Å². The van der Waals surface area contributed by atoms with Gasteiger partial charge in [0.25, 0.3) is 0 Å². The molecule has 0 aromatic carbocycles. The van der Waals surface area contributed by atoms with E-state index in [-0.39, 0.29) is 18.1 Å². The van der Waals surface area contributed by atoms with Crippen molar-refractivity contribution in [2.24, 2.45) is 0 Å². The van der Waals surface area contributed by atoms with Crippen LogP contribution in [0.1, 0.15) is 52.3 Å². The lowest BCUT2D eigenvalue weighted by Gasteiger charge is -2.31. The van der Waals surface area contributed by atoms with Crippen molar-refractivity contribution in [3.05, 3.63) is 16.5 Å². The van der Waals surface area contributed by atoms with Gasteiger partial charge in [0.1, 0.15) is 16.2 Å². The molecule has 0 atom stereocenters. The lowest BCUT2D eigenvalue weighted by atomic mass is 9.94. The minimum absolute atomic E-state index is 0.0959. The predicted molar refractivity (Wildman–Crippen MR) is 77.8 cm³/mol. The normalized spacial score (nSPS) is 11.9. The second kappa shape index (κ2) is 6.48. The molecule has 1 heterocycles. The molecule has 0 amide bonds. The van der Waals surface area contributed by atoms with E-state index in [0.29, 0.717) is 0 Å². The average Bonchev–Trinajstić information content (AvgIpc) is 2.35. The number of hydrogen-bond acceptors (Lipinski definition) is 4. The fourth-order valence-corrected chi connectivity index (χ4v) is 2.12. The summed E-state index contributed by atoms with van der Waals surface area (Å²) in [6.45, 7) is 8.34. The molecule has 18 heavy (non-hydrogen) atoms. The largest absolute Gasteiger partial charge is 0.394 e. The van der Waals surface area contributed by atoms with Gasteiger partial charge in [0.2, 0.25) is 0 Å². The van der Waals surface area contributed by atoms with Gasteiger partial charge in [0, 0.05) is 12.0 Å². The minimum Gasteiger partial charge on any atom is -0.394 e. The smallest absolute Gasteiger partial charge is 0.134 e. The van der Waals surface area contributed by atoms with Crippen LogP contribution in [0.15, 0.2) is 10.7 Å². The van der Waals surface area contributed by atoms with Gasteiger partial charge < -0.3 is 10.4 Å². The fourth-order valence-electron chi connectivity index (χ4n) is 1.72. The lowest BCUT2D eigenvalue weighted by Crippen LogP contribution is -2.41. The Hall–Kier alpha value is -0.680. The Morgan fingerprint density at radius 1 is 1.33 bits per heavy atom. The Kier molecular flexibility index (Phi) is 5.53. The second-order valence-electron chi connectivity index (χ2n) is 4.86. The van der Waals surface area contributed by atoms with Crippen LogP contribution in [0.4, 0.5) is 5.82 Å². The van der Waals surface area contributed by atoms with Crippen LogP contribution in [-0.4, -0.2) is 27.2 Å². The quantitative estimate of drug-likeness (QED) is 0.791. The van der Waals surface area contributed by atoms with Gasteiger partial charge in [-0.25, -0.2) is 9.97 Å². The van der Waals surface area contributed by atoms with Crippen LogP contribution < -0.4 is 5.32 Å². The van der Waals surface area contributed by atoms with E-state index in [1.807, 2.05) is 6.07 Å². The molecule has 5 heteroatoms. The third-order valence-corrected chi connectivity index (χ3v) is 3.68. The van der Waals surface area contributed by atoms with Crippen molar-refractivity contribution in [3.63, 3.8) is 0 Å². The summed E-state index contributed by atoms with van der Waals surface area (Å²) in [5.74, 6) is 1.83. The summed E-state index contributed by atoms with van der Waals surface area (Å²) in [5.41, 5.74) is -0.304. The molecular formula is C13H22BrN3O. The zero-order chi connectivity index (χ0) is 13.8. The van der Waals surface area contributed by atoms with Gasteiger partial charge in [-0.1, -0.05) is 27.7 Å². The molecule has 0 bridgehead atoms. The first-order valence-corrected chi connectivity index (χ1v) is 7.19. The fraction of sp³-hybridized carbons (Fsp3) is 0.692. The first kappa shape index (κ1) is 15.4. The van der Waals surface area contributed by atoms with E-state index in [1.165, 1.54) is 0 Å². The number of halogens is 1. The lowest BCUT2D eigenvalue weighted by molar-refractivity contribution is 0.202. The van der Waals surface area contributed by atoms with Crippen LogP contribution in [0.25, 0.3) is 0 Å². The van der Waals surface area contributed by atoms with Gasteiger partial charge in [0.15, 0.2) is 0 Å². The van der Waals surface area contributed by atoms with E-state index in [1.54, 1.807) is 0 Å². The molecule has 0 radical (unpaired) electrons. The summed E-state index contributed by atoms with van der Waals surface area (Å²) in [6, 6.07) is 1.85.